The summed E-state index contributed by atoms with van der Waals surface area (Å²) in [7, 11) is 1.38. The highest BCUT2D eigenvalue weighted by Gasteiger charge is 2.27. The Hall–Kier alpha value is -1.60. The van der Waals surface area contributed by atoms with Crippen LogP contribution in [0.25, 0.3) is 0 Å². The first-order valence-electron chi connectivity index (χ1n) is 8.27. The van der Waals surface area contributed by atoms with Crippen LogP contribution in [0, 0.1) is 0 Å². The van der Waals surface area contributed by atoms with Gasteiger partial charge in [0, 0.05) is 30.1 Å². The molecule has 0 spiro atoms. The molecular weight excluding hydrogens is 388 g/mol. The molecule has 0 radical (unpaired) electrons. The van der Waals surface area contributed by atoms with Crippen LogP contribution in [0.3, 0.4) is 0 Å². The second-order valence-corrected chi connectivity index (χ2v) is 7.98. The minimum absolute atomic E-state index is 0.0407. The lowest BCUT2D eigenvalue weighted by molar-refractivity contribution is 0.0505. The molecule has 1 N–H and O–H groups in total. The van der Waals surface area contributed by atoms with Gasteiger partial charge in [0.15, 0.2) is 0 Å². The molecule has 1 aromatic rings. The van der Waals surface area contributed by atoms with Gasteiger partial charge in [-0.2, -0.15) is 0 Å². The molecule has 1 unspecified atom stereocenters. The number of alkyl carbamates (subject to hydrolysis) is 1. The average molecular weight is 413 g/mol. The summed E-state index contributed by atoms with van der Waals surface area (Å²) in [5.74, 6) is -0.348. The lowest BCUT2D eigenvalue weighted by Gasteiger charge is -2.22. The van der Waals surface area contributed by atoms with Crippen LogP contribution in [-0.4, -0.2) is 48.8 Å². The zero-order valence-electron chi connectivity index (χ0n) is 15.1. The maximum absolute atomic E-state index is 12.0. The van der Waals surface area contributed by atoms with E-state index in [0.717, 1.165) is 23.0 Å². The number of hydrogen-bond donors (Lipinski definition) is 1. The van der Waals surface area contributed by atoms with E-state index in [1.807, 2.05) is 32.9 Å². The summed E-state index contributed by atoms with van der Waals surface area (Å²) in [4.78, 5) is 26.1. The molecule has 1 heterocycles. The number of benzene rings is 1. The standard InChI is InChI=1S/C18H25BrN2O4/c1-18(2,3)25-17(23)20-12-8-9-21(10-12)11-14-13(16(22)24-4)6-5-7-15(14)19/h5-7,12H,8-11H2,1-4H3,(H,20,23). The van der Waals surface area contributed by atoms with Gasteiger partial charge in [-0.25, -0.2) is 9.59 Å². The zero-order chi connectivity index (χ0) is 18.6. The van der Waals surface area contributed by atoms with E-state index in [-0.39, 0.29) is 12.0 Å². The van der Waals surface area contributed by atoms with Crippen molar-refractivity contribution >= 4 is 28.0 Å². The number of amides is 1. The summed E-state index contributed by atoms with van der Waals surface area (Å²) in [5, 5.41) is 2.91. The summed E-state index contributed by atoms with van der Waals surface area (Å²) in [6.07, 6.45) is 0.451. The number of hydrogen-bond acceptors (Lipinski definition) is 5. The predicted octanol–water partition coefficient (Wildman–Crippen LogP) is 3.33. The highest BCUT2D eigenvalue weighted by molar-refractivity contribution is 9.10. The van der Waals surface area contributed by atoms with Crippen LogP contribution in [-0.2, 0) is 16.0 Å². The highest BCUT2D eigenvalue weighted by atomic mass is 79.9. The molecule has 0 aliphatic carbocycles. The normalized spacial score (nSPS) is 18.0. The SMILES string of the molecule is COC(=O)c1cccc(Br)c1CN1CCC(NC(=O)OC(C)(C)C)C1. The minimum Gasteiger partial charge on any atom is -0.465 e. The molecule has 25 heavy (non-hydrogen) atoms. The van der Waals surface area contributed by atoms with Crippen LogP contribution >= 0.6 is 15.9 Å². The van der Waals surface area contributed by atoms with Crippen LogP contribution in [0.2, 0.25) is 0 Å². The number of halogens is 1. The Morgan fingerprint density at radius 3 is 2.72 bits per heavy atom. The molecule has 1 aromatic carbocycles. The number of rotatable bonds is 4. The monoisotopic (exact) mass is 412 g/mol. The topological polar surface area (TPSA) is 67.9 Å². The quantitative estimate of drug-likeness (QED) is 0.767. The second kappa shape index (κ2) is 8.19. The van der Waals surface area contributed by atoms with E-state index < -0.39 is 11.7 Å². The molecule has 1 saturated heterocycles. The third-order valence-corrected chi connectivity index (χ3v) is 4.64. The van der Waals surface area contributed by atoms with Gasteiger partial charge < -0.3 is 14.8 Å². The first-order valence-corrected chi connectivity index (χ1v) is 9.06. The smallest absolute Gasteiger partial charge is 0.407 e. The molecule has 6 nitrogen and oxygen atoms in total. The minimum atomic E-state index is -0.507. The number of carbonyl (C=O) groups excluding carboxylic acids is 2. The molecule has 2 rings (SSSR count). The van der Waals surface area contributed by atoms with Crippen molar-refractivity contribution in [3.05, 3.63) is 33.8 Å². The van der Waals surface area contributed by atoms with Crippen LogP contribution in [0.4, 0.5) is 4.79 Å². The maximum Gasteiger partial charge on any atom is 0.407 e. The van der Waals surface area contributed by atoms with E-state index in [1.54, 1.807) is 6.07 Å². The van der Waals surface area contributed by atoms with Gasteiger partial charge in [-0.3, -0.25) is 4.90 Å². The Kier molecular flexibility index (Phi) is 6.46. The molecule has 1 fully saturated rings. The number of likely N-dealkylation sites (tertiary alicyclic amines) is 1. The molecule has 1 atom stereocenters. The van der Waals surface area contributed by atoms with Crippen molar-refractivity contribution in [3.8, 4) is 0 Å². The lowest BCUT2D eigenvalue weighted by atomic mass is 10.1. The molecule has 138 valence electrons. The Balaban J connectivity index is 1.98. The number of methoxy groups -OCH3 is 1. The lowest BCUT2D eigenvalue weighted by Crippen LogP contribution is -2.40. The number of nitrogens with one attached hydrogen (secondary N) is 1. The van der Waals surface area contributed by atoms with E-state index >= 15 is 0 Å². The Morgan fingerprint density at radius 2 is 2.08 bits per heavy atom. The van der Waals surface area contributed by atoms with Crippen molar-refractivity contribution in [1.82, 2.24) is 10.2 Å². The fourth-order valence-corrected chi connectivity index (χ4v) is 3.30. The van der Waals surface area contributed by atoms with E-state index in [1.165, 1.54) is 7.11 Å². The van der Waals surface area contributed by atoms with E-state index in [0.29, 0.717) is 18.7 Å². The van der Waals surface area contributed by atoms with Crippen molar-refractivity contribution in [2.24, 2.45) is 0 Å². The maximum atomic E-state index is 12.0. The molecule has 1 amide bonds. The van der Waals surface area contributed by atoms with Gasteiger partial charge in [0.1, 0.15) is 5.60 Å². The molecule has 0 bridgehead atoms. The van der Waals surface area contributed by atoms with E-state index in [9.17, 15) is 9.59 Å². The Bertz CT molecular complexity index is 642. The molecule has 1 aliphatic heterocycles. The van der Waals surface area contributed by atoms with Gasteiger partial charge in [0.25, 0.3) is 0 Å². The van der Waals surface area contributed by atoms with Gasteiger partial charge in [-0.05, 0) is 44.9 Å². The summed E-state index contributed by atoms with van der Waals surface area (Å²) < 4.78 is 11.0. The molecule has 0 aromatic heterocycles. The molecular formula is C18H25BrN2O4. The summed E-state index contributed by atoms with van der Waals surface area (Å²) >= 11 is 3.52. The molecule has 7 heteroatoms. The van der Waals surface area contributed by atoms with Crippen LogP contribution in [0.15, 0.2) is 22.7 Å². The number of ether oxygens (including phenoxy) is 2. The van der Waals surface area contributed by atoms with E-state index in [2.05, 4.69) is 26.1 Å². The average Bonchev–Trinajstić information content (AvgIpc) is 2.93. The number of esters is 1. The van der Waals surface area contributed by atoms with Crippen molar-refractivity contribution in [3.63, 3.8) is 0 Å². The van der Waals surface area contributed by atoms with Crippen LogP contribution < -0.4 is 5.32 Å². The predicted molar refractivity (Wildman–Crippen MR) is 98.5 cm³/mol. The van der Waals surface area contributed by atoms with Crippen molar-refractivity contribution in [2.75, 3.05) is 20.2 Å². The first-order chi connectivity index (χ1) is 11.7. The van der Waals surface area contributed by atoms with Gasteiger partial charge in [0.05, 0.1) is 12.7 Å². The van der Waals surface area contributed by atoms with Gasteiger partial charge in [0.2, 0.25) is 0 Å². The van der Waals surface area contributed by atoms with E-state index in [4.69, 9.17) is 9.47 Å². The van der Waals surface area contributed by atoms with Crippen molar-refractivity contribution < 1.29 is 19.1 Å². The van der Waals surface area contributed by atoms with Gasteiger partial charge in [-0.15, -0.1) is 0 Å². The summed E-state index contributed by atoms with van der Waals surface area (Å²) in [6.45, 7) is 7.68. The highest BCUT2D eigenvalue weighted by Crippen LogP contribution is 2.25. The second-order valence-electron chi connectivity index (χ2n) is 7.12. The van der Waals surface area contributed by atoms with Gasteiger partial charge >= 0.3 is 12.1 Å². The Labute approximate surface area is 157 Å². The third-order valence-electron chi connectivity index (χ3n) is 3.90. The fourth-order valence-electron chi connectivity index (χ4n) is 2.81. The molecule has 1 aliphatic rings. The first kappa shape index (κ1) is 19.7. The number of nitrogens with zero attached hydrogens (tertiary/aromatic N) is 1. The summed E-state index contributed by atoms with van der Waals surface area (Å²) in [5.41, 5.74) is 0.944. The van der Waals surface area contributed by atoms with Crippen LogP contribution in [0.5, 0.6) is 0 Å². The zero-order valence-corrected chi connectivity index (χ0v) is 16.7. The van der Waals surface area contributed by atoms with Crippen LogP contribution in [0.1, 0.15) is 43.1 Å². The fraction of sp³-hybridized carbons (Fsp3) is 0.556. The number of carbonyl (C=O) groups is 2. The van der Waals surface area contributed by atoms with Crippen molar-refractivity contribution in [2.45, 2.75) is 45.4 Å². The third kappa shape index (κ3) is 5.71. The largest absolute Gasteiger partial charge is 0.465 e. The van der Waals surface area contributed by atoms with Crippen molar-refractivity contribution in [1.29, 1.82) is 0 Å². The summed E-state index contributed by atoms with van der Waals surface area (Å²) in [6, 6.07) is 5.53. The molecule has 0 saturated carbocycles. The van der Waals surface area contributed by atoms with Gasteiger partial charge in [-0.1, -0.05) is 22.0 Å². The Morgan fingerprint density at radius 1 is 1.36 bits per heavy atom.